The number of aryl methyl sites for hydroxylation is 3. The molecule has 0 spiro atoms. The van der Waals surface area contributed by atoms with Crippen molar-refractivity contribution >= 4 is 0 Å². The first kappa shape index (κ1) is 24.8. The Bertz CT molecular complexity index is 1290. The molecule has 0 aliphatic heterocycles. The van der Waals surface area contributed by atoms with Crippen LogP contribution in [-0.4, -0.2) is 0 Å². The van der Waals surface area contributed by atoms with Gasteiger partial charge in [-0.3, -0.25) is 0 Å². The van der Waals surface area contributed by atoms with Crippen LogP contribution in [0.15, 0.2) is 48.5 Å². The molecule has 1 aliphatic rings. The van der Waals surface area contributed by atoms with Gasteiger partial charge in [0.1, 0.15) is 11.6 Å². The summed E-state index contributed by atoms with van der Waals surface area (Å²) in [5.74, 6) is 12.6. The van der Waals surface area contributed by atoms with Gasteiger partial charge in [-0.25, -0.2) is 8.78 Å². The van der Waals surface area contributed by atoms with E-state index in [-0.39, 0.29) is 5.56 Å². The highest BCUT2D eigenvalue weighted by Crippen LogP contribution is 2.30. The van der Waals surface area contributed by atoms with Crippen LogP contribution in [0.2, 0.25) is 0 Å². The van der Waals surface area contributed by atoms with Gasteiger partial charge in [-0.15, -0.1) is 0 Å². The van der Waals surface area contributed by atoms with Crippen LogP contribution < -0.4 is 0 Å². The minimum atomic E-state index is -0.634. The second-order valence-electron chi connectivity index (χ2n) is 10.1. The lowest BCUT2D eigenvalue weighted by Crippen LogP contribution is -2.14. The third-order valence-electron chi connectivity index (χ3n) is 7.00. The molecule has 1 aliphatic carbocycles. The van der Waals surface area contributed by atoms with Crippen molar-refractivity contribution in [1.29, 1.82) is 0 Å². The molecule has 0 bridgehead atoms. The lowest BCUT2D eigenvalue weighted by Gasteiger charge is -2.26. The minimum absolute atomic E-state index is 0.198. The molecule has 1 saturated carbocycles. The molecule has 0 amide bonds. The SMILES string of the molecule is Cc1cc(F)c(C#Cc2cc(C)c(C#Cc3ccc(CC4CCC(C)CC4)cc3)c(C)c2)c(F)c1. The molecule has 1 fully saturated rings. The predicted octanol–water partition coefficient (Wildman–Crippen LogP) is 8.06. The molecule has 4 rings (SSSR count). The van der Waals surface area contributed by atoms with Crippen LogP contribution in [0.3, 0.4) is 0 Å². The molecule has 0 aromatic heterocycles. The Morgan fingerprint density at radius 1 is 0.686 bits per heavy atom. The van der Waals surface area contributed by atoms with Crippen molar-refractivity contribution in [3.05, 3.63) is 105 Å². The third kappa shape index (κ3) is 6.41. The van der Waals surface area contributed by atoms with Gasteiger partial charge in [0.2, 0.25) is 0 Å². The van der Waals surface area contributed by atoms with Crippen LogP contribution in [-0.2, 0) is 6.42 Å². The first-order valence-corrected chi connectivity index (χ1v) is 12.5. The molecule has 0 heterocycles. The molecule has 0 N–H and O–H groups in total. The molecule has 178 valence electrons. The number of hydrogen-bond donors (Lipinski definition) is 0. The largest absolute Gasteiger partial charge is 0.206 e. The van der Waals surface area contributed by atoms with Crippen molar-refractivity contribution in [3.8, 4) is 23.7 Å². The molecular formula is C33H32F2. The van der Waals surface area contributed by atoms with E-state index in [4.69, 9.17) is 0 Å². The number of hydrogen-bond acceptors (Lipinski definition) is 0. The van der Waals surface area contributed by atoms with E-state index in [1.165, 1.54) is 43.4 Å². The van der Waals surface area contributed by atoms with E-state index in [9.17, 15) is 8.78 Å². The molecule has 0 saturated heterocycles. The molecule has 3 aromatic rings. The highest BCUT2D eigenvalue weighted by atomic mass is 19.1. The fourth-order valence-corrected chi connectivity index (χ4v) is 4.91. The summed E-state index contributed by atoms with van der Waals surface area (Å²) < 4.78 is 28.2. The summed E-state index contributed by atoms with van der Waals surface area (Å²) in [7, 11) is 0. The van der Waals surface area contributed by atoms with Crippen molar-refractivity contribution in [3.63, 3.8) is 0 Å². The fourth-order valence-electron chi connectivity index (χ4n) is 4.91. The lowest BCUT2D eigenvalue weighted by atomic mass is 9.80. The highest BCUT2D eigenvalue weighted by Gasteiger charge is 2.18. The average Bonchev–Trinajstić information content (AvgIpc) is 2.80. The molecule has 35 heavy (non-hydrogen) atoms. The van der Waals surface area contributed by atoms with Gasteiger partial charge in [0.15, 0.2) is 0 Å². The fraction of sp³-hybridized carbons (Fsp3) is 0.333. The molecule has 0 unspecified atom stereocenters. The maximum atomic E-state index is 14.1. The van der Waals surface area contributed by atoms with Gasteiger partial charge < -0.3 is 0 Å². The average molecular weight is 467 g/mol. The van der Waals surface area contributed by atoms with E-state index in [1.807, 2.05) is 26.0 Å². The van der Waals surface area contributed by atoms with E-state index in [1.54, 1.807) is 6.92 Å². The number of halogens is 2. The van der Waals surface area contributed by atoms with Gasteiger partial charge in [0, 0.05) is 16.7 Å². The van der Waals surface area contributed by atoms with Crippen molar-refractivity contribution in [1.82, 2.24) is 0 Å². The Morgan fingerprint density at radius 2 is 1.23 bits per heavy atom. The van der Waals surface area contributed by atoms with Crippen molar-refractivity contribution in [2.75, 3.05) is 0 Å². The summed E-state index contributed by atoms with van der Waals surface area (Å²) in [5.41, 5.74) is 6.40. The zero-order valence-electron chi connectivity index (χ0n) is 21.1. The van der Waals surface area contributed by atoms with Crippen LogP contribution in [0.1, 0.15) is 77.1 Å². The lowest BCUT2D eigenvalue weighted by molar-refractivity contribution is 0.289. The van der Waals surface area contributed by atoms with Crippen molar-refractivity contribution < 1.29 is 8.78 Å². The Labute approximate surface area is 208 Å². The summed E-state index contributed by atoms with van der Waals surface area (Å²) in [5, 5.41) is 0. The van der Waals surface area contributed by atoms with Gasteiger partial charge >= 0.3 is 0 Å². The molecule has 2 heteroatoms. The molecule has 0 atom stereocenters. The Balaban J connectivity index is 1.48. The van der Waals surface area contributed by atoms with Crippen LogP contribution in [0.5, 0.6) is 0 Å². The quantitative estimate of drug-likeness (QED) is 0.335. The molecular weight excluding hydrogens is 434 g/mol. The Hall–Kier alpha value is -3.36. The summed E-state index contributed by atoms with van der Waals surface area (Å²) in [6.45, 7) is 8.00. The minimum Gasteiger partial charge on any atom is -0.206 e. The standard InChI is InChI=1S/C33H32F2/c1-22-5-7-27(8-6-22)21-28-11-9-26(10-12-28)13-15-30-24(3)19-29(20-25(30)4)14-16-31-32(34)17-23(2)18-33(31)35/h9-12,17-20,22,27H,5-8,21H2,1-4H3. The maximum Gasteiger partial charge on any atom is 0.142 e. The zero-order chi connectivity index (χ0) is 24.9. The summed E-state index contributed by atoms with van der Waals surface area (Å²) in [4.78, 5) is 0. The van der Waals surface area contributed by atoms with E-state index >= 15 is 0 Å². The second kappa shape index (κ2) is 10.9. The highest BCUT2D eigenvalue weighted by molar-refractivity contribution is 5.55. The summed E-state index contributed by atoms with van der Waals surface area (Å²) in [6.07, 6.45) is 6.57. The second-order valence-corrected chi connectivity index (χ2v) is 10.1. The van der Waals surface area contributed by atoms with E-state index in [0.717, 1.165) is 40.5 Å². The van der Waals surface area contributed by atoms with Gasteiger partial charge in [-0.2, -0.15) is 0 Å². The topological polar surface area (TPSA) is 0 Å². The summed E-state index contributed by atoms with van der Waals surface area (Å²) in [6, 6.07) is 15.1. The van der Waals surface area contributed by atoms with Gasteiger partial charge in [0.05, 0.1) is 5.56 Å². The van der Waals surface area contributed by atoms with Gasteiger partial charge in [-0.05, 0) is 111 Å². The number of benzene rings is 3. The van der Waals surface area contributed by atoms with Crippen LogP contribution in [0, 0.1) is 67.9 Å². The first-order valence-electron chi connectivity index (χ1n) is 12.5. The normalized spacial score (nSPS) is 17.2. The number of rotatable bonds is 2. The Morgan fingerprint density at radius 3 is 1.83 bits per heavy atom. The van der Waals surface area contributed by atoms with Crippen LogP contribution >= 0.6 is 0 Å². The van der Waals surface area contributed by atoms with Gasteiger partial charge in [-0.1, -0.05) is 55.6 Å². The Kier molecular flexibility index (Phi) is 7.73. The first-order chi connectivity index (χ1) is 16.8. The van der Waals surface area contributed by atoms with E-state index in [2.05, 4.69) is 54.9 Å². The molecule has 0 nitrogen and oxygen atoms in total. The van der Waals surface area contributed by atoms with Gasteiger partial charge in [0.25, 0.3) is 0 Å². The summed E-state index contributed by atoms with van der Waals surface area (Å²) >= 11 is 0. The van der Waals surface area contributed by atoms with Crippen LogP contribution in [0.25, 0.3) is 0 Å². The molecule has 0 radical (unpaired) electrons. The maximum absolute atomic E-state index is 14.1. The predicted molar refractivity (Wildman–Crippen MR) is 140 cm³/mol. The van der Waals surface area contributed by atoms with Crippen molar-refractivity contribution in [2.45, 2.75) is 59.8 Å². The third-order valence-corrected chi connectivity index (χ3v) is 7.00. The monoisotopic (exact) mass is 466 g/mol. The van der Waals surface area contributed by atoms with Crippen molar-refractivity contribution in [2.24, 2.45) is 11.8 Å². The zero-order valence-corrected chi connectivity index (χ0v) is 21.1. The molecule has 3 aromatic carbocycles. The smallest absolute Gasteiger partial charge is 0.142 e. The van der Waals surface area contributed by atoms with E-state index < -0.39 is 11.6 Å². The van der Waals surface area contributed by atoms with Crippen LogP contribution in [0.4, 0.5) is 8.78 Å². The van der Waals surface area contributed by atoms with E-state index in [0.29, 0.717) is 11.1 Å².